The molecule has 41 heavy (non-hydrogen) atoms. The number of anilines is 2. The summed E-state index contributed by atoms with van der Waals surface area (Å²) in [6, 6.07) is 8.18. The normalized spacial score (nSPS) is 20.7. The van der Waals surface area contributed by atoms with Crippen LogP contribution in [0.4, 0.5) is 11.8 Å². The summed E-state index contributed by atoms with van der Waals surface area (Å²) in [5.41, 5.74) is 7.34. The largest absolute Gasteiger partial charge is 0.465 e. The Morgan fingerprint density at radius 2 is 1.95 bits per heavy atom. The van der Waals surface area contributed by atoms with Gasteiger partial charge < -0.3 is 24.9 Å². The van der Waals surface area contributed by atoms with Gasteiger partial charge in [0.05, 0.1) is 25.6 Å². The Morgan fingerprint density at radius 1 is 1.17 bits per heavy atom. The fraction of sp³-hybridized carbons (Fsp3) is 0.500. The molecule has 5 rings (SSSR count). The molecule has 0 amide bonds. The summed E-state index contributed by atoms with van der Waals surface area (Å²) in [5.74, 6) is 1.01. The minimum absolute atomic E-state index is 0.0473. The van der Waals surface area contributed by atoms with Crippen molar-refractivity contribution in [2.75, 3.05) is 24.3 Å². The number of nitrogen functional groups attached to an aromatic ring is 1. The number of hydrogen-bond donors (Lipinski definition) is 3. The number of esters is 1. The molecule has 4 atom stereocenters. The van der Waals surface area contributed by atoms with E-state index in [2.05, 4.69) is 39.2 Å². The maximum Gasteiger partial charge on any atom is 0.459 e. The highest BCUT2D eigenvalue weighted by Crippen LogP contribution is 2.46. The van der Waals surface area contributed by atoms with Crippen molar-refractivity contribution in [2.45, 2.75) is 64.6 Å². The van der Waals surface area contributed by atoms with E-state index in [9.17, 15) is 9.36 Å². The van der Waals surface area contributed by atoms with Gasteiger partial charge in [0.25, 0.3) is 0 Å². The quantitative estimate of drug-likeness (QED) is 0.135. The summed E-state index contributed by atoms with van der Waals surface area (Å²) < 4.78 is 32.8. The Balaban J connectivity index is 1.24. The molecule has 0 saturated heterocycles. The number of rotatable bonds is 14. The van der Waals surface area contributed by atoms with Crippen LogP contribution in [0.2, 0.25) is 0 Å². The monoisotopic (exact) mass is 583 g/mol. The van der Waals surface area contributed by atoms with Gasteiger partial charge in [0.1, 0.15) is 11.8 Å². The van der Waals surface area contributed by atoms with Crippen LogP contribution in [0.5, 0.6) is 5.75 Å². The van der Waals surface area contributed by atoms with Crippen LogP contribution in [-0.2, 0) is 18.6 Å². The van der Waals surface area contributed by atoms with Crippen LogP contribution in [0.25, 0.3) is 11.2 Å². The predicted molar refractivity (Wildman–Crippen MR) is 156 cm³/mol. The van der Waals surface area contributed by atoms with Crippen molar-refractivity contribution in [3.05, 3.63) is 48.8 Å². The second-order valence-corrected chi connectivity index (χ2v) is 12.7. The number of carbonyl (C=O) groups excluding carboxylic acids is 1. The lowest BCUT2D eigenvalue weighted by molar-refractivity contribution is -0.145. The van der Waals surface area contributed by atoms with E-state index >= 15 is 0 Å². The molecule has 1 saturated carbocycles. The second-order valence-electron chi connectivity index (χ2n) is 11.0. The molecular weight excluding hydrogens is 545 g/mol. The van der Waals surface area contributed by atoms with Gasteiger partial charge in [-0.15, -0.1) is 0 Å². The molecular formula is C28H38N7O5P. The Kier molecular flexibility index (Phi) is 8.91. The summed E-state index contributed by atoms with van der Waals surface area (Å²) in [5, 5.41) is 6.14. The number of nitrogens with zero attached hydrogens (tertiary/aromatic N) is 4. The minimum atomic E-state index is -3.94. The zero-order valence-corrected chi connectivity index (χ0v) is 24.5. The first-order valence-corrected chi connectivity index (χ1v) is 15.6. The molecule has 3 aromatic rings. The molecule has 4 N–H and O–H groups in total. The van der Waals surface area contributed by atoms with E-state index in [4.69, 9.17) is 19.5 Å². The van der Waals surface area contributed by atoms with Gasteiger partial charge in [-0.05, 0) is 50.7 Å². The highest BCUT2D eigenvalue weighted by atomic mass is 31.2. The lowest BCUT2D eigenvalue weighted by Crippen LogP contribution is -2.35. The fourth-order valence-electron chi connectivity index (χ4n) is 4.49. The van der Waals surface area contributed by atoms with E-state index in [1.54, 1.807) is 37.5 Å². The smallest absolute Gasteiger partial charge is 0.459 e. The minimum Gasteiger partial charge on any atom is -0.465 e. The van der Waals surface area contributed by atoms with Gasteiger partial charge in [-0.1, -0.05) is 44.2 Å². The summed E-state index contributed by atoms with van der Waals surface area (Å²) in [4.78, 5) is 25.9. The molecule has 0 aliphatic heterocycles. The molecule has 2 heterocycles. The number of imidazole rings is 1. The molecule has 0 radical (unpaired) electrons. The number of nitrogens with two attached hydrogens (primary N) is 1. The number of nitrogens with one attached hydrogen (secondary N) is 2. The SMILES string of the molecule is CC(C)CCOC(=O)[C@H](C)NP(=O)(OC[C@@H]1C=C[C@H](n2cnc3c(NC4CC4)nc(N)nc32)C1)Oc1ccccc1. The average molecular weight is 584 g/mol. The summed E-state index contributed by atoms with van der Waals surface area (Å²) >= 11 is 0. The van der Waals surface area contributed by atoms with E-state index in [0.717, 1.165) is 19.3 Å². The number of benzene rings is 1. The first-order chi connectivity index (χ1) is 19.7. The van der Waals surface area contributed by atoms with Gasteiger partial charge in [-0.2, -0.15) is 15.1 Å². The van der Waals surface area contributed by atoms with Crippen molar-refractivity contribution in [1.29, 1.82) is 0 Å². The molecule has 1 aromatic carbocycles. The van der Waals surface area contributed by atoms with Crippen LogP contribution in [0.3, 0.4) is 0 Å². The van der Waals surface area contributed by atoms with E-state index in [1.165, 1.54) is 0 Å². The predicted octanol–water partition coefficient (Wildman–Crippen LogP) is 4.87. The van der Waals surface area contributed by atoms with Crippen LogP contribution in [-0.4, -0.2) is 50.8 Å². The molecule has 13 heteroatoms. The van der Waals surface area contributed by atoms with Crippen LogP contribution in [0.15, 0.2) is 48.8 Å². The zero-order valence-electron chi connectivity index (χ0n) is 23.6. The maximum absolute atomic E-state index is 13.8. The Bertz CT molecular complexity index is 1430. The number of carbonyl (C=O) groups is 1. The van der Waals surface area contributed by atoms with Crippen molar-refractivity contribution < 1.29 is 23.1 Å². The van der Waals surface area contributed by atoms with Gasteiger partial charge in [0.15, 0.2) is 17.0 Å². The molecule has 1 unspecified atom stereocenters. The Labute approximate surface area is 239 Å². The van der Waals surface area contributed by atoms with Crippen LogP contribution < -0.4 is 20.7 Å². The molecule has 0 bridgehead atoms. The molecule has 0 spiro atoms. The zero-order chi connectivity index (χ0) is 29.0. The standard InChI is InChI=1S/C28H38N7O5P/c1-18(2)13-14-38-27(36)19(3)34-41(37,40-23-7-5-4-6-8-23)39-16-20-9-12-22(15-20)35-17-30-24-25(31-21-10-11-21)32-28(29)33-26(24)35/h4-9,12,17-22H,10-11,13-16H2,1-3H3,(H,34,37)(H3,29,31,32,33)/t19-,20+,22-,41?/m0/s1. The number of hydrogen-bond acceptors (Lipinski definition) is 10. The van der Waals surface area contributed by atoms with Gasteiger partial charge >= 0.3 is 13.7 Å². The number of ether oxygens (including phenoxy) is 1. The lowest BCUT2D eigenvalue weighted by Gasteiger charge is -2.24. The second kappa shape index (κ2) is 12.6. The third kappa shape index (κ3) is 7.63. The van der Waals surface area contributed by atoms with Gasteiger partial charge in [0.2, 0.25) is 5.95 Å². The summed E-state index contributed by atoms with van der Waals surface area (Å²) in [6.07, 6.45) is 9.42. The van der Waals surface area contributed by atoms with Crippen molar-refractivity contribution in [3.8, 4) is 5.75 Å². The third-order valence-electron chi connectivity index (χ3n) is 6.94. The molecule has 1 fully saturated rings. The Hall–Kier alpha value is -3.47. The number of para-hydroxylation sites is 1. The Morgan fingerprint density at radius 3 is 2.68 bits per heavy atom. The van der Waals surface area contributed by atoms with Gasteiger partial charge in [0, 0.05) is 12.0 Å². The van der Waals surface area contributed by atoms with Crippen molar-refractivity contribution in [1.82, 2.24) is 24.6 Å². The lowest BCUT2D eigenvalue weighted by atomic mass is 10.1. The molecule has 2 aliphatic rings. The molecule has 12 nitrogen and oxygen atoms in total. The van der Waals surface area contributed by atoms with Gasteiger partial charge in [-0.3, -0.25) is 9.32 Å². The highest BCUT2D eigenvalue weighted by molar-refractivity contribution is 7.52. The summed E-state index contributed by atoms with van der Waals surface area (Å²) in [7, 11) is -3.94. The molecule has 2 aliphatic carbocycles. The van der Waals surface area contributed by atoms with E-state index in [-0.39, 0.29) is 24.5 Å². The average Bonchev–Trinajstić information content (AvgIpc) is 3.44. The third-order valence-corrected chi connectivity index (χ3v) is 8.58. The van der Waals surface area contributed by atoms with Crippen LogP contribution in [0, 0.1) is 11.8 Å². The fourth-order valence-corrected chi connectivity index (χ4v) is 6.04. The van der Waals surface area contributed by atoms with Crippen molar-refractivity contribution >= 4 is 36.6 Å². The molecule has 220 valence electrons. The van der Waals surface area contributed by atoms with Crippen LogP contribution >= 0.6 is 7.75 Å². The number of allylic oxidation sites excluding steroid dienone is 1. The van der Waals surface area contributed by atoms with E-state index in [1.807, 2.05) is 22.8 Å². The topological polar surface area (TPSA) is 156 Å². The number of aromatic nitrogens is 4. The number of fused-ring (bicyclic) bond motifs is 1. The highest BCUT2D eigenvalue weighted by Gasteiger charge is 2.34. The first-order valence-electron chi connectivity index (χ1n) is 14.1. The van der Waals surface area contributed by atoms with Gasteiger partial charge in [-0.25, -0.2) is 9.55 Å². The summed E-state index contributed by atoms with van der Waals surface area (Å²) in [6.45, 7) is 6.08. The van der Waals surface area contributed by atoms with E-state index in [0.29, 0.717) is 47.7 Å². The van der Waals surface area contributed by atoms with Crippen molar-refractivity contribution in [3.63, 3.8) is 0 Å². The molecule has 2 aromatic heterocycles. The van der Waals surface area contributed by atoms with Crippen LogP contribution in [0.1, 0.15) is 52.5 Å². The first kappa shape index (κ1) is 29.0. The van der Waals surface area contributed by atoms with E-state index < -0.39 is 19.8 Å². The maximum atomic E-state index is 13.8. The van der Waals surface area contributed by atoms with Crippen molar-refractivity contribution in [2.24, 2.45) is 11.8 Å².